The summed E-state index contributed by atoms with van der Waals surface area (Å²) >= 11 is 1.64. The van der Waals surface area contributed by atoms with Crippen LogP contribution in [0.2, 0.25) is 0 Å². The molecule has 3 aromatic rings. The monoisotopic (exact) mass is 372 g/mol. The van der Waals surface area contributed by atoms with Gasteiger partial charge in [-0.2, -0.15) is 0 Å². The van der Waals surface area contributed by atoms with Crippen LogP contribution in [0.4, 0.5) is 5.82 Å². The maximum Gasteiger partial charge on any atom is 0.316 e. The van der Waals surface area contributed by atoms with E-state index in [1.165, 1.54) is 0 Å². The molecule has 0 aromatic carbocycles. The zero-order chi connectivity index (χ0) is 17.9. The zero-order valence-electron chi connectivity index (χ0n) is 15.0. The lowest BCUT2D eigenvalue weighted by Crippen LogP contribution is -2.52. The van der Waals surface area contributed by atoms with Crippen molar-refractivity contribution in [2.75, 3.05) is 45.3 Å². The highest BCUT2D eigenvalue weighted by molar-refractivity contribution is 7.18. The first-order valence-electron chi connectivity index (χ1n) is 8.60. The summed E-state index contributed by atoms with van der Waals surface area (Å²) in [5.41, 5.74) is 0.940. The maximum atomic E-state index is 5.41. The van der Waals surface area contributed by atoms with Gasteiger partial charge in [-0.25, -0.2) is 9.97 Å². The predicted molar refractivity (Wildman–Crippen MR) is 101 cm³/mol. The molecule has 0 bridgehead atoms. The normalized spacial score (nSPS) is 15.4. The summed E-state index contributed by atoms with van der Waals surface area (Å²) in [5, 5.41) is 1.10. The second-order valence-corrected chi connectivity index (χ2v) is 7.18. The van der Waals surface area contributed by atoms with Crippen LogP contribution in [0.1, 0.15) is 5.01 Å². The van der Waals surface area contributed by atoms with Gasteiger partial charge in [-0.05, 0) is 16.9 Å². The van der Waals surface area contributed by atoms with E-state index in [1.54, 1.807) is 25.6 Å². The number of methoxy groups -OCH3 is 1. The molecule has 0 amide bonds. The van der Waals surface area contributed by atoms with E-state index in [4.69, 9.17) is 14.6 Å². The number of fused-ring (bicyclic) bond motifs is 1. The molecule has 1 fully saturated rings. The molecule has 4 heterocycles. The van der Waals surface area contributed by atoms with Gasteiger partial charge in [-0.3, -0.25) is 9.80 Å². The Morgan fingerprint density at radius 1 is 1.08 bits per heavy atom. The summed E-state index contributed by atoms with van der Waals surface area (Å²) in [7, 11) is 3.32. The predicted octanol–water partition coefficient (Wildman–Crippen LogP) is 1.37. The third kappa shape index (κ3) is 3.42. The van der Waals surface area contributed by atoms with Crippen LogP contribution < -0.4 is 19.2 Å². The van der Waals surface area contributed by atoms with Crippen LogP contribution in [0.15, 0.2) is 36.5 Å². The van der Waals surface area contributed by atoms with Crippen LogP contribution in [0, 0.1) is 0 Å². The number of aromatic nitrogens is 3. The number of rotatable bonds is 5. The van der Waals surface area contributed by atoms with Crippen molar-refractivity contribution < 1.29 is 14.3 Å². The molecule has 1 aliphatic heterocycles. The third-order valence-electron chi connectivity index (χ3n) is 4.54. The van der Waals surface area contributed by atoms with Gasteiger partial charge in [0.15, 0.2) is 0 Å². The van der Waals surface area contributed by atoms with Crippen molar-refractivity contribution >= 4 is 27.5 Å². The number of thiazole rings is 1. The summed E-state index contributed by atoms with van der Waals surface area (Å²) < 4.78 is 7.00. The Morgan fingerprint density at radius 3 is 2.69 bits per heavy atom. The number of hydrogen-bond acceptors (Lipinski definition) is 7. The molecule has 7 nitrogen and oxygen atoms in total. The first kappa shape index (κ1) is 17.0. The lowest BCUT2D eigenvalue weighted by molar-refractivity contribution is -0.875. The highest BCUT2D eigenvalue weighted by atomic mass is 32.1. The Balaban J connectivity index is 1.41. The molecule has 0 radical (unpaired) electrons. The minimum Gasteiger partial charge on any atom is -0.481 e. The summed E-state index contributed by atoms with van der Waals surface area (Å²) in [6.07, 6.45) is 1.93. The van der Waals surface area contributed by atoms with Crippen molar-refractivity contribution in [2.45, 2.75) is 6.54 Å². The number of ether oxygens (including phenoxy) is 1. The van der Waals surface area contributed by atoms with Crippen molar-refractivity contribution in [1.29, 1.82) is 0 Å². The van der Waals surface area contributed by atoms with Gasteiger partial charge in [0.25, 0.3) is 0 Å². The minimum atomic E-state index is 0.635. The van der Waals surface area contributed by atoms with Crippen molar-refractivity contribution in [3.05, 3.63) is 41.5 Å². The van der Waals surface area contributed by atoms with E-state index in [1.807, 2.05) is 35.2 Å². The van der Waals surface area contributed by atoms with Crippen LogP contribution in [-0.4, -0.2) is 55.3 Å². The van der Waals surface area contributed by atoms with Crippen LogP contribution in [0.25, 0.3) is 10.3 Å². The maximum absolute atomic E-state index is 5.41. The van der Waals surface area contributed by atoms with Gasteiger partial charge in [-0.15, -0.1) is 0 Å². The second-order valence-electron chi connectivity index (χ2n) is 6.12. The van der Waals surface area contributed by atoms with Crippen LogP contribution >= 0.6 is 11.3 Å². The van der Waals surface area contributed by atoms with Gasteiger partial charge in [0.2, 0.25) is 5.88 Å². The van der Waals surface area contributed by atoms with Crippen molar-refractivity contribution in [2.24, 2.45) is 0 Å². The average molecular weight is 372 g/mol. The van der Waals surface area contributed by atoms with Crippen molar-refractivity contribution in [3.63, 3.8) is 0 Å². The molecule has 0 unspecified atom stereocenters. The molecule has 1 aliphatic rings. The Kier molecular flexibility index (Phi) is 4.85. The molecule has 136 valence electrons. The molecule has 3 aromatic heterocycles. The van der Waals surface area contributed by atoms with E-state index in [0.29, 0.717) is 5.88 Å². The third-order valence-corrected chi connectivity index (χ3v) is 5.49. The summed E-state index contributed by atoms with van der Waals surface area (Å²) in [6.45, 7) is 4.77. The van der Waals surface area contributed by atoms with Gasteiger partial charge in [0.1, 0.15) is 28.7 Å². The smallest absolute Gasteiger partial charge is 0.316 e. The highest BCUT2D eigenvalue weighted by Crippen LogP contribution is 2.24. The lowest BCUT2D eigenvalue weighted by atomic mass is 10.3. The lowest BCUT2D eigenvalue weighted by Gasteiger charge is -2.30. The molecule has 26 heavy (non-hydrogen) atoms. The topological polar surface area (TPSA) is 54.6 Å². The highest BCUT2D eigenvalue weighted by Gasteiger charge is 2.26. The Hall–Kier alpha value is -2.45. The Labute approximate surface area is 156 Å². The van der Waals surface area contributed by atoms with Gasteiger partial charge < -0.3 is 9.57 Å². The molecule has 8 heteroatoms. The average Bonchev–Trinajstić information content (AvgIpc) is 3.09. The molecule has 0 N–H and O–H groups in total. The molecule has 1 saturated heterocycles. The molecule has 0 atom stereocenters. The number of nitrogens with zero attached hydrogens (tertiary/aromatic N) is 5. The molecular formula is C18H22N5O2S+. The zero-order valence-corrected chi connectivity index (χ0v) is 15.8. The number of hydrogen-bond donors (Lipinski definition) is 0. The number of anilines is 1. The summed E-state index contributed by atoms with van der Waals surface area (Å²) in [5.74, 6) is 1.72. The fourth-order valence-corrected chi connectivity index (χ4v) is 4.14. The SMILES string of the molecule is COc1ccc2nc(CN3CCN(c4cccc[n+]4OC)CC3)sc2n1. The standard InChI is InChI=1S/C18H22N5O2S/c1-24-15-7-6-14-18(20-15)26-16(19-14)13-21-9-11-22(12-10-21)17-5-3-4-8-23(17)25-2/h3-8H,9-13H2,1-2H3/q+1. The molecule has 0 aliphatic carbocycles. The van der Waals surface area contributed by atoms with E-state index in [9.17, 15) is 0 Å². The first-order chi connectivity index (χ1) is 12.8. The Bertz CT molecular complexity index is 892. The van der Waals surface area contributed by atoms with E-state index >= 15 is 0 Å². The fourth-order valence-electron chi connectivity index (χ4n) is 3.17. The Morgan fingerprint density at radius 2 is 1.92 bits per heavy atom. The summed E-state index contributed by atoms with van der Waals surface area (Å²) in [6, 6.07) is 9.93. The van der Waals surface area contributed by atoms with Crippen molar-refractivity contribution in [1.82, 2.24) is 14.9 Å². The van der Waals surface area contributed by atoms with Crippen LogP contribution in [-0.2, 0) is 6.54 Å². The van der Waals surface area contributed by atoms with E-state index in [2.05, 4.69) is 20.9 Å². The molecular weight excluding hydrogens is 350 g/mol. The van der Waals surface area contributed by atoms with E-state index in [-0.39, 0.29) is 0 Å². The second kappa shape index (κ2) is 7.43. The summed E-state index contributed by atoms with van der Waals surface area (Å²) in [4.78, 5) is 20.3. The molecule has 0 saturated carbocycles. The van der Waals surface area contributed by atoms with Gasteiger partial charge in [0, 0.05) is 25.2 Å². The minimum absolute atomic E-state index is 0.635. The van der Waals surface area contributed by atoms with E-state index in [0.717, 1.165) is 53.9 Å². The van der Waals surface area contributed by atoms with Crippen LogP contribution in [0.5, 0.6) is 5.88 Å². The van der Waals surface area contributed by atoms with Gasteiger partial charge in [-0.1, -0.05) is 17.4 Å². The quantitative estimate of drug-likeness (QED) is 0.631. The molecule has 4 rings (SSSR count). The number of pyridine rings is 2. The van der Waals surface area contributed by atoms with E-state index < -0.39 is 0 Å². The van der Waals surface area contributed by atoms with Crippen molar-refractivity contribution in [3.8, 4) is 5.88 Å². The van der Waals surface area contributed by atoms with Gasteiger partial charge >= 0.3 is 5.82 Å². The van der Waals surface area contributed by atoms with Gasteiger partial charge in [0.05, 0.1) is 26.7 Å². The largest absolute Gasteiger partial charge is 0.481 e. The van der Waals surface area contributed by atoms with Crippen LogP contribution in [0.3, 0.4) is 0 Å². The fraction of sp³-hybridized carbons (Fsp3) is 0.389. The molecule has 0 spiro atoms. The first-order valence-corrected chi connectivity index (χ1v) is 9.41. The number of piperazine rings is 1.